The molecule has 0 heterocycles. The van der Waals surface area contributed by atoms with Gasteiger partial charge in [0.15, 0.2) is 5.78 Å². The van der Waals surface area contributed by atoms with Gasteiger partial charge in [0, 0.05) is 25.1 Å². The molecule has 0 saturated carbocycles. The molecule has 0 spiro atoms. The second kappa shape index (κ2) is 8.08. The Labute approximate surface area is 116 Å². The molecular weight excluding hydrogens is 238 g/mol. The van der Waals surface area contributed by atoms with Gasteiger partial charge in [-0.2, -0.15) is 0 Å². The number of aryl methyl sites for hydroxylation is 2. The SMILES string of the molecule is CCCN(CCO)CCC(=O)c1cc(C)cc(C)c1. The Hall–Kier alpha value is -1.19. The minimum Gasteiger partial charge on any atom is -0.395 e. The van der Waals surface area contributed by atoms with E-state index >= 15 is 0 Å². The van der Waals surface area contributed by atoms with Crippen molar-refractivity contribution in [1.82, 2.24) is 4.90 Å². The number of carbonyl (C=O) groups is 1. The highest BCUT2D eigenvalue weighted by molar-refractivity contribution is 5.96. The van der Waals surface area contributed by atoms with Crippen molar-refractivity contribution in [1.29, 1.82) is 0 Å². The van der Waals surface area contributed by atoms with E-state index in [2.05, 4.69) is 17.9 Å². The summed E-state index contributed by atoms with van der Waals surface area (Å²) in [6.07, 6.45) is 1.56. The lowest BCUT2D eigenvalue weighted by atomic mass is 10.0. The molecule has 19 heavy (non-hydrogen) atoms. The van der Waals surface area contributed by atoms with Crippen molar-refractivity contribution in [3.63, 3.8) is 0 Å². The van der Waals surface area contributed by atoms with E-state index in [1.54, 1.807) is 0 Å². The predicted octanol–water partition coefficient (Wildman–Crippen LogP) is 2.58. The number of aliphatic hydroxyl groups is 1. The van der Waals surface area contributed by atoms with Crippen LogP contribution < -0.4 is 0 Å². The summed E-state index contributed by atoms with van der Waals surface area (Å²) in [5.41, 5.74) is 3.06. The normalized spacial score (nSPS) is 11.0. The van der Waals surface area contributed by atoms with E-state index < -0.39 is 0 Å². The van der Waals surface area contributed by atoms with E-state index in [0.717, 1.165) is 36.2 Å². The van der Waals surface area contributed by atoms with Gasteiger partial charge in [-0.05, 0) is 38.9 Å². The number of hydrogen-bond acceptors (Lipinski definition) is 3. The molecule has 106 valence electrons. The predicted molar refractivity (Wildman–Crippen MR) is 78.7 cm³/mol. The van der Waals surface area contributed by atoms with Crippen LogP contribution in [0.1, 0.15) is 41.3 Å². The highest BCUT2D eigenvalue weighted by atomic mass is 16.3. The van der Waals surface area contributed by atoms with Crippen molar-refractivity contribution in [2.45, 2.75) is 33.6 Å². The van der Waals surface area contributed by atoms with Crippen LogP contribution >= 0.6 is 0 Å². The van der Waals surface area contributed by atoms with Crippen LogP contribution in [0.25, 0.3) is 0 Å². The molecule has 0 atom stereocenters. The average Bonchev–Trinajstić information content (AvgIpc) is 2.35. The lowest BCUT2D eigenvalue weighted by molar-refractivity contribution is 0.0957. The van der Waals surface area contributed by atoms with Gasteiger partial charge in [0.2, 0.25) is 0 Å². The zero-order valence-corrected chi connectivity index (χ0v) is 12.3. The topological polar surface area (TPSA) is 40.5 Å². The second-order valence-corrected chi connectivity index (χ2v) is 5.11. The van der Waals surface area contributed by atoms with Crippen molar-refractivity contribution < 1.29 is 9.90 Å². The molecule has 0 aliphatic heterocycles. The molecule has 0 fully saturated rings. The molecule has 0 aliphatic rings. The first-order valence-electron chi connectivity index (χ1n) is 7.01. The number of aliphatic hydroxyl groups excluding tert-OH is 1. The molecule has 0 unspecified atom stereocenters. The van der Waals surface area contributed by atoms with Crippen LogP contribution in [0.15, 0.2) is 18.2 Å². The molecule has 1 aromatic rings. The molecule has 0 radical (unpaired) electrons. The van der Waals surface area contributed by atoms with Crippen molar-refractivity contribution in [2.24, 2.45) is 0 Å². The third kappa shape index (κ3) is 5.53. The fourth-order valence-electron chi connectivity index (χ4n) is 2.33. The number of hydrogen-bond donors (Lipinski definition) is 1. The van der Waals surface area contributed by atoms with Crippen LogP contribution in [0, 0.1) is 13.8 Å². The quantitative estimate of drug-likeness (QED) is 0.733. The molecule has 3 heteroatoms. The number of Topliss-reactive ketones (excluding diaryl/α,β-unsaturated/α-hetero) is 1. The Morgan fingerprint density at radius 3 is 2.26 bits per heavy atom. The minimum absolute atomic E-state index is 0.151. The largest absolute Gasteiger partial charge is 0.395 e. The first-order chi connectivity index (χ1) is 9.06. The molecule has 1 N–H and O–H groups in total. The molecule has 1 aromatic carbocycles. The summed E-state index contributed by atoms with van der Waals surface area (Å²) in [4.78, 5) is 14.3. The lowest BCUT2D eigenvalue weighted by Crippen LogP contribution is -2.30. The number of ketones is 1. The van der Waals surface area contributed by atoms with Crippen molar-refractivity contribution in [2.75, 3.05) is 26.2 Å². The Balaban J connectivity index is 2.58. The molecule has 0 aliphatic carbocycles. The summed E-state index contributed by atoms with van der Waals surface area (Å²) in [7, 11) is 0. The van der Waals surface area contributed by atoms with E-state index in [1.807, 2.05) is 26.0 Å². The van der Waals surface area contributed by atoms with Gasteiger partial charge in [0.1, 0.15) is 0 Å². The highest BCUT2D eigenvalue weighted by Crippen LogP contribution is 2.11. The zero-order chi connectivity index (χ0) is 14.3. The van der Waals surface area contributed by atoms with E-state index in [1.165, 1.54) is 0 Å². The van der Waals surface area contributed by atoms with Gasteiger partial charge in [0.25, 0.3) is 0 Å². The zero-order valence-electron chi connectivity index (χ0n) is 12.3. The van der Waals surface area contributed by atoms with Gasteiger partial charge in [0.05, 0.1) is 6.61 Å². The Bertz CT molecular complexity index is 389. The van der Waals surface area contributed by atoms with Gasteiger partial charge in [-0.1, -0.05) is 24.1 Å². The molecule has 0 saturated heterocycles. The summed E-state index contributed by atoms with van der Waals surface area (Å²) < 4.78 is 0. The van der Waals surface area contributed by atoms with Crippen molar-refractivity contribution >= 4 is 5.78 Å². The molecule has 3 nitrogen and oxygen atoms in total. The van der Waals surface area contributed by atoms with Crippen LogP contribution in [0.5, 0.6) is 0 Å². The van der Waals surface area contributed by atoms with Crippen LogP contribution in [0.4, 0.5) is 0 Å². The van der Waals surface area contributed by atoms with Crippen LogP contribution in [0.2, 0.25) is 0 Å². The van der Waals surface area contributed by atoms with Crippen LogP contribution in [-0.2, 0) is 0 Å². The second-order valence-electron chi connectivity index (χ2n) is 5.11. The minimum atomic E-state index is 0.151. The third-order valence-electron chi connectivity index (χ3n) is 3.15. The summed E-state index contributed by atoms with van der Waals surface area (Å²) in [6.45, 7) is 8.58. The van der Waals surface area contributed by atoms with E-state index in [-0.39, 0.29) is 12.4 Å². The number of rotatable bonds is 8. The fourth-order valence-corrected chi connectivity index (χ4v) is 2.33. The smallest absolute Gasteiger partial charge is 0.164 e. The number of benzene rings is 1. The highest BCUT2D eigenvalue weighted by Gasteiger charge is 2.10. The maximum absolute atomic E-state index is 12.2. The van der Waals surface area contributed by atoms with Gasteiger partial charge < -0.3 is 10.0 Å². The monoisotopic (exact) mass is 263 g/mol. The summed E-state index contributed by atoms with van der Waals surface area (Å²) in [6, 6.07) is 5.98. The molecule has 0 bridgehead atoms. The van der Waals surface area contributed by atoms with Gasteiger partial charge in [-0.25, -0.2) is 0 Å². The van der Waals surface area contributed by atoms with E-state index in [0.29, 0.717) is 13.0 Å². The van der Waals surface area contributed by atoms with E-state index in [9.17, 15) is 4.79 Å². The summed E-state index contributed by atoms with van der Waals surface area (Å²) >= 11 is 0. The van der Waals surface area contributed by atoms with Gasteiger partial charge in [-0.3, -0.25) is 4.79 Å². The first kappa shape index (κ1) is 15.9. The van der Waals surface area contributed by atoms with Crippen molar-refractivity contribution in [3.8, 4) is 0 Å². The summed E-state index contributed by atoms with van der Waals surface area (Å²) in [5, 5.41) is 8.99. The van der Waals surface area contributed by atoms with Gasteiger partial charge in [-0.15, -0.1) is 0 Å². The number of nitrogens with zero attached hydrogens (tertiary/aromatic N) is 1. The molecule has 0 aromatic heterocycles. The van der Waals surface area contributed by atoms with E-state index in [4.69, 9.17) is 5.11 Å². The Kier molecular flexibility index (Phi) is 6.74. The van der Waals surface area contributed by atoms with Crippen LogP contribution in [0.3, 0.4) is 0 Å². The summed E-state index contributed by atoms with van der Waals surface area (Å²) in [5.74, 6) is 0.186. The fraction of sp³-hybridized carbons (Fsp3) is 0.562. The Morgan fingerprint density at radius 1 is 1.11 bits per heavy atom. The Morgan fingerprint density at radius 2 is 1.74 bits per heavy atom. The third-order valence-corrected chi connectivity index (χ3v) is 3.15. The molecule has 1 rings (SSSR count). The lowest BCUT2D eigenvalue weighted by Gasteiger charge is -2.19. The first-order valence-corrected chi connectivity index (χ1v) is 7.01. The van der Waals surface area contributed by atoms with Gasteiger partial charge >= 0.3 is 0 Å². The van der Waals surface area contributed by atoms with Crippen molar-refractivity contribution in [3.05, 3.63) is 34.9 Å². The molecular formula is C16H25NO2. The maximum atomic E-state index is 12.2. The maximum Gasteiger partial charge on any atom is 0.164 e. The standard InChI is InChI=1S/C16H25NO2/c1-4-6-17(8-9-18)7-5-16(19)15-11-13(2)10-14(3)12-15/h10-12,18H,4-9H2,1-3H3. The average molecular weight is 263 g/mol. The molecule has 0 amide bonds. The van der Waals surface area contributed by atoms with Crippen LogP contribution in [-0.4, -0.2) is 42.0 Å². The number of carbonyl (C=O) groups excluding carboxylic acids is 1.